The van der Waals surface area contributed by atoms with Crippen LogP contribution in [-0.2, 0) is 0 Å². The predicted molar refractivity (Wildman–Crippen MR) is 79.3 cm³/mol. The summed E-state index contributed by atoms with van der Waals surface area (Å²) in [4.78, 5) is 8.91. The van der Waals surface area contributed by atoms with Gasteiger partial charge in [-0.15, -0.1) is 0 Å². The molecular formula is C14H21N3OS. The van der Waals surface area contributed by atoms with Gasteiger partial charge in [-0.25, -0.2) is 4.98 Å². The second-order valence-electron chi connectivity index (χ2n) is 5.15. The maximum atomic E-state index is 5.99. The molecule has 0 bridgehead atoms. The minimum Gasteiger partial charge on any atom is -0.460 e. The van der Waals surface area contributed by atoms with Crippen molar-refractivity contribution in [3.05, 3.63) is 17.5 Å². The Morgan fingerprint density at radius 3 is 2.84 bits per heavy atom. The van der Waals surface area contributed by atoms with Gasteiger partial charge in [0.1, 0.15) is 16.8 Å². The molecule has 1 heterocycles. The fraction of sp³-hybridized carbons (Fsp3) is 0.643. The van der Waals surface area contributed by atoms with Gasteiger partial charge < -0.3 is 10.5 Å². The number of nitrogens with two attached hydrogens (primary N) is 1. The molecule has 0 radical (unpaired) electrons. The van der Waals surface area contributed by atoms with Crippen molar-refractivity contribution in [2.24, 2.45) is 11.7 Å². The Hall–Kier alpha value is -1.23. The van der Waals surface area contributed by atoms with Crippen LogP contribution in [0.15, 0.2) is 6.07 Å². The monoisotopic (exact) mass is 279 g/mol. The van der Waals surface area contributed by atoms with Gasteiger partial charge in [0, 0.05) is 5.69 Å². The zero-order valence-electron chi connectivity index (χ0n) is 11.6. The number of hydrogen-bond acceptors (Lipinski definition) is 4. The molecule has 0 saturated heterocycles. The molecule has 104 valence electrons. The second kappa shape index (κ2) is 6.28. The van der Waals surface area contributed by atoms with Crippen molar-refractivity contribution in [2.75, 3.05) is 0 Å². The third-order valence-electron chi connectivity index (χ3n) is 3.71. The average molecular weight is 279 g/mol. The SMILES string of the molecule is CCC1CCCCC1Oc1nc(C)cc(C(N)=S)n1. The number of rotatable bonds is 4. The van der Waals surface area contributed by atoms with Crippen LogP contribution >= 0.6 is 12.2 Å². The van der Waals surface area contributed by atoms with Crippen molar-refractivity contribution in [3.8, 4) is 6.01 Å². The molecule has 19 heavy (non-hydrogen) atoms. The standard InChI is InChI=1S/C14H21N3OS/c1-3-10-6-4-5-7-12(10)18-14-16-9(2)8-11(17-14)13(15)19/h8,10,12H,3-7H2,1-2H3,(H2,15,19). The van der Waals surface area contributed by atoms with Gasteiger partial charge in [-0.2, -0.15) is 4.98 Å². The first-order chi connectivity index (χ1) is 9.10. The normalized spacial score (nSPS) is 23.1. The zero-order valence-corrected chi connectivity index (χ0v) is 12.4. The smallest absolute Gasteiger partial charge is 0.317 e. The summed E-state index contributed by atoms with van der Waals surface area (Å²) < 4.78 is 5.99. The molecule has 2 N–H and O–H groups in total. The van der Waals surface area contributed by atoms with E-state index in [0.717, 1.165) is 18.5 Å². The van der Waals surface area contributed by atoms with Gasteiger partial charge >= 0.3 is 6.01 Å². The Morgan fingerprint density at radius 1 is 1.42 bits per heavy atom. The van der Waals surface area contributed by atoms with E-state index < -0.39 is 0 Å². The highest BCUT2D eigenvalue weighted by molar-refractivity contribution is 7.80. The third-order valence-corrected chi connectivity index (χ3v) is 3.92. The molecular weight excluding hydrogens is 258 g/mol. The zero-order chi connectivity index (χ0) is 13.8. The van der Waals surface area contributed by atoms with Crippen LogP contribution in [0.25, 0.3) is 0 Å². The average Bonchev–Trinajstić information content (AvgIpc) is 2.38. The lowest BCUT2D eigenvalue weighted by atomic mass is 9.85. The van der Waals surface area contributed by atoms with Crippen LogP contribution in [0.4, 0.5) is 0 Å². The molecule has 2 atom stereocenters. The van der Waals surface area contributed by atoms with Gasteiger partial charge in [0.05, 0.1) is 0 Å². The molecule has 2 unspecified atom stereocenters. The molecule has 5 heteroatoms. The van der Waals surface area contributed by atoms with Crippen LogP contribution in [-0.4, -0.2) is 21.1 Å². The summed E-state index contributed by atoms with van der Waals surface area (Å²) in [6, 6.07) is 2.20. The number of thiocarbonyl (C=S) groups is 1. The van der Waals surface area contributed by atoms with E-state index in [1.165, 1.54) is 19.3 Å². The van der Waals surface area contributed by atoms with Crippen LogP contribution in [0.2, 0.25) is 0 Å². The highest BCUT2D eigenvalue weighted by Crippen LogP contribution is 2.29. The van der Waals surface area contributed by atoms with Gasteiger partial charge in [-0.05, 0) is 44.6 Å². The first kappa shape index (κ1) is 14.2. The third kappa shape index (κ3) is 3.62. The number of ether oxygens (including phenoxy) is 1. The number of aromatic nitrogens is 2. The molecule has 0 spiro atoms. The quantitative estimate of drug-likeness (QED) is 0.859. The lowest BCUT2D eigenvalue weighted by Crippen LogP contribution is -2.30. The summed E-state index contributed by atoms with van der Waals surface area (Å²) in [6.07, 6.45) is 6.19. The maximum Gasteiger partial charge on any atom is 0.317 e. The summed E-state index contributed by atoms with van der Waals surface area (Å²) in [5, 5.41) is 0. The Balaban J connectivity index is 2.15. The summed E-state index contributed by atoms with van der Waals surface area (Å²) in [6.45, 7) is 4.11. The first-order valence-corrected chi connectivity index (χ1v) is 7.33. The molecule has 4 nitrogen and oxygen atoms in total. The number of nitrogens with zero attached hydrogens (tertiary/aromatic N) is 2. The highest BCUT2D eigenvalue weighted by atomic mass is 32.1. The first-order valence-electron chi connectivity index (χ1n) is 6.92. The van der Waals surface area contributed by atoms with Crippen molar-refractivity contribution >= 4 is 17.2 Å². The lowest BCUT2D eigenvalue weighted by Gasteiger charge is -2.30. The van der Waals surface area contributed by atoms with Crippen LogP contribution in [0.1, 0.15) is 50.4 Å². The van der Waals surface area contributed by atoms with Gasteiger partial charge in [0.15, 0.2) is 0 Å². The largest absolute Gasteiger partial charge is 0.460 e. The van der Waals surface area contributed by atoms with Crippen LogP contribution in [0.5, 0.6) is 6.01 Å². The van der Waals surface area contributed by atoms with Gasteiger partial charge in [0.2, 0.25) is 0 Å². The van der Waals surface area contributed by atoms with Crippen molar-refractivity contribution in [3.63, 3.8) is 0 Å². The van der Waals surface area contributed by atoms with E-state index in [4.69, 9.17) is 22.7 Å². The fourth-order valence-electron chi connectivity index (χ4n) is 2.65. The topological polar surface area (TPSA) is 61.0 Å². The summed E-state index contributed by atoms with van der Waals surface area (Å²) in [7, 11) is 0. The fourth-order valence-corrected chi connectivity index (χ4v) is 2.76. The molecule has 1 aliphatic rings. The van der Waals surface area contributed by atoms with Crippen LogP contribution in [0.3, 0.4) is 0 Å². The Kier molecular flexibility index (Phi) is 4.69. The Bertz CT molecular complexity index is 464. The number of hydrogen-bond donors (Lipinski definition) is 1. The van der Waals surface area contributed by atoms with Crippen molar-refractivity contribution in [1.82, 2.24) is 9.97 Å². The lowest BCUT2D eigenvalue weighted by molar-refractivity contribution is 0.0807. The van der Waals surface area contributed by atoms with Gasteiger partial charge in [0.25, 0.3) is 0 Å². The minimum atomic E-state index is 0.222. The van der Waals surface area contributed by atoms with Crippen molar-refractivity contribution in [2.45, 2.75) is 52.1 Å². The summed E-state index contributed by atoms with van der Waals surface area (Å²) in [5.74, 6) is 0.603. The minimum absolute atomic E-state index is 0.222. The maximum absolute atomic E-state index is 5.99. The molecule has 1 fully saturated rings. The second-order valence-corrected chi connectivity index (χ2v) is 5.59. The summed E-state index contributed by atoms with van der Waals surface area (Å²) in [5.41, 5.74) is 7.04. The Morgan fingerprint density at radius 2 is 2.16 bits per heavy atom. The molecule has 1 aromatic heterocycles. The van der Waals surface area contributed by atoms with E-state index in [2.05, 4.69) is 16.9 Å². The van der Waals surface area contributed by atoms with E-state index in [0.29, 0.717) is 17.6 Å². The van der Waals surface area contributed by atoms with Gasteiger partial charge in [-0.3, -0.25) is 0 Å². The highest BCUT2D eigenvalue weighted by Gasteiger charge is 2.26. The molecule has 1 saturated carbocycles. The summed E-state index contributed by atoms with van der Waals surface area (Å²) >= 11 is 4.96. The predicted octanol–water partition coefficient (Wildman–Crippen LogP) is 2.77. The van der Waals surface area contributed by atoms with E-state index in [9.17, 15) is 0 Å². The van der Waals surface area contributed by atoms with Crippen LogP contribution < -0.4 is 10.5 Å². The van der Waals surface area contributed by atoms with E-state index in [1.54, 1.807) is 6.07 Å². The van der Waals surface area contributed by atoms with Crippen molar-refractivity contribution < 1.29 is 4.74 Å². The molecule has 0 aromatic carbocycles. The molecule has 1 aromatic rings. The van der Waals surface area contributed by atoms with Crippen LogP contribution in [0, 0.1) is 12.8 Å². The van der Waals surface area contributed by atoms with Crippen molar-refractivity contribution in [1.29, 1.82) is 0 Å². The van der Waals surface area contributed by atoms with E-state index >= 15 is 0 Å². The molecule has 1 aliphatic carbocycles. The molecule has 0 aliphatic heterocycles. The van der Waals surface area contributed by atoms with Gasteiger partial charge in [-0.1, -0.05) is 25.6 Å². The van der Waals surface area contributed by atoms with E-state index in [-0.39, 0.29) is 11.1 Å². The molecule has 2 rings (SSSR count). The Labute approximate surface area is 119 Å². The molecule has 0 amide bonds. The van der Waals surface area contributed by atoms with E-state index in [1.807, 2.05) is 6.92 Å². The number of aryl methyl sites for hydroxylation is 1.